The lowest BCUT2D eigenvalue weighted by molar-refractivity contribution is 0.248. The number of fused-ring (bicyclic) bond motifs is 2. The summed E-state index contributed by atoms with van der Waals surface area (Å²) in [5.74, 6) is 1.03. The van der Waals surface area contributed by atoms with E-state index in [0.29, 0.717) is 28.1 Å². The molecule has 3 rings (SSSR count). The molecule has 0 N–H and O–H groups in total. The molecule has 5 heteroatoms. The van der Waals surface area contributed by atoms with Gasteiger partial charge in [-0.2, -0.15) is 0 Å². The minimum atomic E-state index is -0.447. The minimum Gasteiger partial charge on any atom is -0.490 e. The van der Waals surface area contributed by atoms with Crippen LogP contribution in [0.15, 0.2) is 38.1 Å². The highest BCUT2D eigenvalue weighted by Crippen LogP contribution is 2.42. The average molecular weight is 274 g/mol. The van der Waals surface area contributed by atoms with Crippen LogP contribution in [0.3, 0.4) is 0 Å². The minimum absolute atomic E-state index is 0.0170. The Kier molecular flexibility index (Phi) is 2.89. The summed E-state index contributed by atoms with van der Waals surface area (Å²) >= 11 is 0. The second-order valence-electron chi connectivity index (χ2n) is 4.69. The van der Waals surface area contributed by atoms with E-state index in [9.17, 15) is 4.79 Å². The van der Waals surface area contributed by atoms with Crippen LogP contribution in [0, 0.1) is 0 Å². The molecule has 104 valence electrons. The highest BCUT2D eigenvalue weighted by Gasteiger charge is 2.20. The quantitative estimate of drug-likeness (QED) is 0.685. The Balaban J connectivity index is 2.50. The van der Waals surface area contributed by atoms with Gasteiger partial charge in [-0.1, -0.05) is 0 Å². The van der Waals surface area contributed by atoms with Gasteiger partial charge in [0.2, 0.25) is 5.75 Å². The number of methoxy groups -OCH3 is 1. The summed E-state index contributed by atoms with van der Waals surface area (Å²) in [6.45, 7) is 3.86. The number of rotatable bonds is 3. The Morgan fingerprint density at radius 1 is 1.05 bits per heavy atom. The molecule has 0 aliphatic heterocycles. The van der Waals surface area contributed by atoms with E-state index in [1.807, 2.05) is 13.8 Å². The van der Waals surface area contributed by atoms with Crippen LogP contribution in [0.25, 0.3) is 21.9 Å². The van der Waals surface area contributed by atoms with Crippen LogP contribution in [0.5, 0.6) is 11.5 Å². The maximum Gasteiger partial charge on any atom is 0.336 e. The monoisotopic (exact) mass is 274 g/mol. The zero-order valence-corrected chi connectivity index (χ0v) is 11.4. The fraction of sp³-hybridized carbons (Fsp3) is 0.267. The summed E-state index contributed by atoms with van der Waals surface area (Å²) in [6.07, 6.45) is 1.54. The van der Waals surface area contributed by atoms with Crippen molar-refractivity contribution in [1.29, 1.82) is 0 Å². The van der Waals surface area contributed by atoms with E-state index < -0.39 is 5.63 Å². The molecule has 0 amide bonds. The van der Waals surface area contributed by atoms with E-state index >= 15 is 0 Å². The van der Waals surface area contributed by atoms with Gasteiger partial charge in [-0.25, -0.2) is 4.79 Å². The lowest BCUT2D eigenvalue weighted by Crippen LogP contribution is -2.07. The van der Waals surface area contributed by atoms with Crippen molar-refractivity contribution in [1.82, 2.24) is 0 Å². The molecule has 0 aliphatic carbocycles. The fourth-order valence-electron chi connectivity index (χ4n) is 2.22. The molecule has 0 saturated carbocycles. The molecule has 2 aromatic heterocycles. The van der Waals surface area contributed by atoms with Crippen LogP contribution >= 0.6 is 0 Å². The van der Waals surface area contributed by atoms with E-state index in [4.69, 9.17) is 18.3 Å². The number of benzene rings is 1. The first-order valence-corrected chi connectivity index (χ1v) is 6.29. The van der Waals surface area contributed by atoms with Crippen molar-refractivity contribution in [2.75, 3.05) is 7.11 Å². The summed E-state index contributed by atoms with van der Waals surface area (Å²) < 4.78 is 21.9. The lowest BCUT2D eigenvalue weighted by Gasteiger charge is -2.14. The normalized spacial score (nSPS) is 11.4. The molecule has 0 saturated heterocycles. The molecule has 2 heterocycles. The molecule has 0 unspecified atom stereocenters. The van der Waals surface area contributed by atoms with Crippen LogP contribution in [0.2, 0.25) is 0 Å². The highest BCUT2D eigenvalue weighted by atomic mass is 16.5. The van der Waals surface area contributed by atoms with Gasteiger partial charge in [0.25, 0.3) is 0 Å². The first-order chi connectivity index (χ1) is 9.61. The van der Waals surface area contributed by atoms with Gasteiger partial charge in [0.15, 0.2) is 11.2 Å². The van der Waals surface area contributed by atoms with Gasteiger partial charge in [0.1, 0.15) is 5.75 Å². The molecule has 0 radical (unpaired) electrons. The third-order valence-electron chi connectivity index (χ3n) is 2.96. The van der Waals surface area contributed by atoms with Crippen molar-refractivity contribution in [3.8, 4) is 11.5 Å². The summed E-state index contributed by atoms with van der Waals surface area (Å²) in [6, 6.07) is 4.84. The van der Waals surface area contributed by atoms with Crippen molar-refractivity contribution in [3.05, 3.63) is 34.9 Å². The highest BCUT2D eigenvalue weighted by molar-refractivity contribution is 6.06. The van der Waals surface area contributed by atoms with E-state index in [1.165, 1.54) is 13.2 Å². The van der Waals surface area contributed by atoms with Crippen molar-refractivity contribution in [2.24, 2.45) is 0 Å². The Morgan fingerprint density at radius 2 is 1.80 bits per heavy atom. The summed E-state index contributed by atoms with van der Waals surface area (Å²) in [5, 5.41) is 1.47. The molecule has 0 aliphatic rings. The second-order valence-corrected chi connectivity index (χ2v) is 4.69. The molecule has 1 aromatic carbocycles. The second kappa shape index (κ2) is 4.59. The third-order valence-corrected chi connectivity index (χ3v) is 2.96. The van der Waals surface area contributed by atoms with Gasteiger partial charge in [0.05, 0.1) is 30.2 Å². The Bertz CT molecular complexity index is 825. The van der Waals surface area contributed by atoms with Crippen LogP contribution < -0.4 is 15.1 Å². The Morgan fingerprint density at radius 3 is 2.50 bits per heavy atom. The van der Waals surface area contributed by atoms with Gasteiger partial charge in [-0.15, -0.1) is 0 Å². The molecular weight excluding hydrogens is 260 g/mol. The first-order valence-electron chi connectivity index (χ1n) is 6.29. The molecular formula is C15H14O5. The number of hydrogen-bond acceptors (Lipinski definition) is 5. The maximum absolute atomic E-state index is 11.5. The summed E-state index contributed by atoms with van der Waals surface area (Å²) in [4.78, 5) is 11.5. The van der Waals surface area contributed by atoms with Gasteiger partial charge in [-0.3, -0.25) is 0 Å². The predicted octanol–water partition coefficient (Wildman–Crippen LogP) is 3.34. The van der Waals surface area contributed by atoms with Gasteiger partial charge in [0, 0.05) is 6.07 Å². The van der Waals surface area contributed by atoms with Gasteiger partial charge < -0.3 is 18.3 Å². The largest absolute Gasteiger partial charge is 0.490 e. The van der Waals surface area contributed by atoms with Crippen molar-refractivity contribution in [3.63, 3.8) is 0 Å². The molecule has 3 aromatic rings. The zero-order chi connectivity index (χ0) is 14.3. The van der Waals surface area contributed by atoms with E-state index in [0.717, 1.165) is 5.39 Å². The van der Waals surface area contributed by atoms with E-state index in [-0.39, 0.29) is 6.10 Å². The van der Waals surface area contributed by atoms with E-state index in [2.05, 4.69) is 0 Å². The SMILES string of the molecule is COc1c2occc2c(OC(C)C)c2ccc(=O)oc12. The van der Waals surface area contributed by atoms with Crippen LogP contribution in [-0.4, -0.2) is 13.2 Å². The van der Waals surface area contributed by atoms with E-state index in [1.54, 1.807) is 18.4 Å². The molecule has 0 bridgehead atoms. The third kappa shape index (κ3) is 1.82. The van der Waals surface area contributed by atoms with Crippen LogP contribution in [-0.2, 0) is 0 Å². The summed E-state index contributed by atoms with van der Waals surface area (Å²) in [7, 11) is 1.51. The van der Waals surface area contributed by atoms with Crippen molar-refractivity contribution >= 4 is 21.9 Å². The molecule has 5 nitrogen and oxygen atoms in total. The molecule has 0 fully saturated rings. The number of hydrogen-bond donors (Lipinski definition) is 0. The van der Waals surface area contributed by atoms with Crippen LogP contribution in [0.1, 0.15) is 13.8 Å². The van der Waals surface area contributed by atoms with Crippen molar-refractivity contribution in [2.45, 2.75) is 20.0 Å². The smallest absolute Gasteiger partial charge is 0.336 e. The maximum atomic E-state index is 11.5. The Labute approximate surface area is 114 Å². The number of ether oxygens (including phenoxy) is 2. The van der Waals surface area contributed by atoms with Gasteiger partial charge in [-0.05, 0) is 26.0 Å². The lowest BCUT2D eigenvalue weighted by atomic mass is 10.1. The Hall–Kier alpha value is -2.43. The standard InChI is InChI=1S/C15H14O5/c1-8(2)19-12-9-4-5-11(16)20-14(9)15(17-3)13-10(12)6-7-18-13/h4-8H,1-3H3. The van der Waals surface area contributed by atoms with Gasteiger partial charge >= 0.3 is 5.63 Å². The molecule has 0 spiro atoms. The molecule has 0 atom stereocenters. The fourth-order valence-corrected chi connectivity index (χ4v) is 2.22. The topological polar surface area (TPSA) is 61.8 Å². The number of furan rings is 1. The summed E-state index contributed by atoms with van der Waals surface area (Å²) in [5.41, 5.74) is 0.389. The molecule has 20 heavy (non-hydrogen) atoms. The zero-order valence-electron chi connectivity index (χ0n) is 11.4. The first kappa shape index (κ1) is 12.6. The average Bonchev–Trinajstić information content (AvgIpc) is 2.87. The predicted molar refractivity (Wildman–Crippen MR) is 74.6 cm³/mol. The van der Waals surface area contributed by atoms with Crippen molar-refractivity contribution < 1.29 is 18.3 Å². The van der Waals surface area contributed by atoms with Crippen LogP contribution in [0.4, 0.5) is 0 Å².